The Bertz CT molecular complexity index is 1360. The van der Waals surface area contributed by atoms with Crippen molar-refractivity contribution in [3.8, 4) is 0 Å². The summed E-state index contributed by atoms with van der Waals surface area (Å²) in [4.78, 5) is 59.6. The first-order chi connectivity index (χ1) is 23.2. The van der Waals surface area contributed by atoms with Crippen LogP contribution in [0.15, 0.2) is 55.6 Å². The molecule has 2 bridgehead atoms. The molecule has 10 nitrogen and oxygen atoms in total. The van der Waals surface area contributed by atoms with Gasteiger partial charge in [-0.05, 0) is 69.8 Å². The number of esters is 1. The van der Waals surface area contributed by atoms with E-state index < -0.39 is 47.2 Å². The van der Waals surface area contributed by atoms with Crippen LogP contribution >= 0.6 is 0 Å². The molecule has 3 aliphatic rings. The zero-order valence-electron chi connectivity index (χ0n) is 30.1. The number of carbonyl (C=O) groups is 4. The van der Waals surface area contributed by atoms with Gasteiger partial charge < -0.3 is 29.7 Å². The van der Waals surface area contributed by atoms with Crippen LogP contribution in [0.2, 0.25) is 0 Å². The predicted octanol–water partition coefficient (Wildman–Crippen LogP) is 5.12. The van der Waals surface area contributed by atoms with Crippen molar-refractivity contribution < 1.29 is 33.8 Å². The van der Waals surface area contributed by atoms with E-state index in [-0.39, 0.29) is 42.7 Å². The lowest BCUT2D eigenvalue weighted by Crippen LogP contribution is -2.61. The number of likely N-dealkylation sites (tertiary alicyclic amines) is 1. The van der Waals surface area contributed by atoms with Crippen molar-refractivity contribution in [1.29, 1.82) is 0 Å². The largest absolute Gasteiger partial charge is 0.455 e. The summed E-state index contributed by atoms with van der Waals surface area (Å²) in [5.41, 5.74) is -1.08. The summed E-state index contributed by atoms with van der Waals surface area (Å²) in [6, 6.07) is 8.31. The monoisotopic (exact) mass is 679 g/mol. The molecule has 1 spiro atoms. The zero-order valence-corrected chi connectivity index (χ0v) is 30.1. The van der Waals surface area contributed by atoms with Crippen molar-refractivity contribution in [2.24, 2.45) is 17.3 Å². The lowest BCUT2D eigenvalue weighted by atomic mass is 9.70. The third-order valence-corrected chi connectivity index (χ3v) is 10.1. The van der Waals surface area contributed by atoms with Crippen LogP contribution in [0, 0.1) is 17.3 Å². The van der Waals surface area contributed by atoms with E-state index in [0.29, 0.717) is 51.6 Å². The van der Waals surface area contributed by atoms with Crippen molar-refractivity contribution in [2.45, 2.75) is 115 Å². The molecule has 6 atom stereocenters. The molecular weight excluding hydrogens is 622 g/mol. The van der Waals surface area contributed by atoms with E-state index in [1.807, 2.05) is 49.1 Å². The molecule has 0 aliphatic carbocycles. The van der Waals surface area contributed by atoms with Crippen LogP contribution in [0.3, 0.4) is 0 Å². The molecule has 4 rings (SSSR count). The summed E-state index contributed by atoms with van der Waals surface area (Å²) in [6.45, 7) is 18.9. The van der Waals surface area contributed by atoms with E-state index in [9.17, 15) is 24.3 Å². The molecule has 0 radical (unpaired) electrons. The van der Waals surface area contributed by atoms with Crippen LogP contribution in [-0.4, -0.2) is 88.1 Å². The Morgan fingerprint density at radius 3 is 2.47 bits per heavy atom. The first kappa shape index (κ1) is 38.3. The number of hydrogen-bond acceptors (Lipinski definition) is 7. The van der Waals surface area contributed by atoms with Gasteiger partial charge in [0.15, 0.2) is 0 Å². The van der Waals surface area contributed by atoms with E-state index in [4.69, 9.17) is 9.47 Å². The number of nitrogens with zero attached hydrogens (tertiary/aromatic N) is 2. The van der Waals surface area contributed by atoms with Crippen LogP contribution in [0.5, 0.6) is 0 Å². The molecule has 1 aromatic rings. The zero-order chi connectivity index (χ0) is 36.0. The summed E-state index contributed by atoms with van der Waals surface area (Å²) >= 11 is 0. The van der Waals surface area contributed by atoms with Crippen molar-refractivity contribution in [3.63, 3.8) is 0 Å². The fraction of sp³-hybridized carbons (Fsp3) is 0.641. The van der Waals surface area contributed by atoms with E-state index in [2.05, 4.69) is 39.2 Å². The Morgan fingerprint density at radius 1 is 1.12 bits per heavy atom. The summed E-state index contributed by atoms with van der Waals surface area (Å²) in [5.74, 6) is -2.98. The minimum absolute atomic E-state index is 0.0486. The number of carbonyl (C=O) groups excluding carboxylic acids is 4. The molecule has 10 heteroatoms. The predicted molar refractivity (Wildman–Crippen MR) is 188 cm³/mol. The molecule has 270 valence electrons. The number of fused-ring (bicyclic) bond motifs is 1. The van der Waals surface area contributed by atoms with E-state index in [1.165, 1.54) is 0 Å². The molecule has 0 aromatic heterocycles. The van der Waals surface area contributed by atoms with Gasteiger partial charge in [0.1, 0.15) is 17.7 Å². The smallest absolute Gasteiger partial charge is 0.313 e. The number of allylic oxidation sites excluding steroid dienone is 1. The summed E-state index contributed by atoms with van der Waals surface area (Å²) in [6.07, 6.45) is 6.45. The minimum atomic E-state index is -1.17. The van der Waals surface area contributed by atoms with Crippen LogP contribution < -0.4 is 5.32 Å². The van der Waals surface area contributed by atoms with Gasteiger partial charge in [0.2, 0.25) is 17.7 Å². The molecule has 1 aromatic carbocycles. The maximum atomic E-state index is 14.9. The third-order valence-electron chi connectivity index (χ3n) is 10.1. The molecule has 3 saturated heterocycles. The molecule has 0 saturated carbocycles. The van der Waals surface area contributed by atoms with E-state index >= 15 is 0 Å². The fourth-order valence-electron chi connectivity index (χ4n) is 8.46. The number of aliphatic hydroxyl groups is 1. The number of amides is 3. The second-order valence-corrected chi connectivity index (χ2v) is 15.6. The van der Waals surface area contributed by atoms with E-state index in [0.717, 1.165) is 12.0 Å². The molecule has 3 amide bonds. The number of ether oxygens (including phenoxy) is 2. The number of benzene rings is 1. The molecular formula is C39H57N3O7. The molecule has 0 unspecified atom stereocenters. The number of rotatable bonds is 18. The van der Waals surface area contributed by atoms with Crippen LogP contribution in [0.1, 0.15) is 97.7 Å². The lowest BCUT2D eigenvalue weighted by Gasteiger charge is -2.45. The van der Waals surface area contributed by atoms with Crippen molar-refractivity contribution in [3.05, 3.63) is 61.2 Å². The van der Waals surface area contributed by atoms with Crippen LogP contribution in [-0.2, 0) is 28.7 Å². The second-order valence-electron chi connectivity index (χ2n) is 15.6. The quantitative estimate of drug-likeness (QED) is 0.125. The average molecular weight is 680 g/mol. The van der Waals surface area contributed by atoms with Crippen molar-refractivity contribution >= 4 is 23.7 Å². The van der Waals surface area contributed by atoms with Gasteiger partial charge in [-0.2, -0.15) is 0 Å². The highest BCUT2D eigenvalue weighted by atomic mass is 16.6. The van der Waals surface area contributed by atoms with Gasteiger partial charge in [-0.25, -0.2) is 0 Å². The summed E-state index contributed by atoms with van der Waals surface area (Å²) in [5, 5.41) is 12.3. The van der Waals surface area contributed by atoms with E-state index in [1.54, 1.807) is 17.1 Å². The maximum absolute atomic E-state index is 14.9. The number of unbranched alkanes of at least 4 members (excludes halogenated alkanes) is 2. The Balaban J connectivity index is 1.67. The van der Waals surface area contributed by atoms with Gasteiger partial charge in [-0.15, -0.1) is 13.2 Å². The third kappa shape index (κ3) is 8.46. The van der Waals surface area contributed by atoms with Crippen molar-refractivity contribution in [1.82, 2.24) is 15.1 Å². The van der Waals surface area contributed by atoms with Crippen LogP contribution in [0.4, 0.5) is 0 Å². The second kappa shape index (κ2) is 16.0. The Kier molecular flexibility index (Phi) is 12.5. The van der Waals surface area contributed by atoms with Gasteiger partial charge in [0.25, 0.3) is 0 Å². The maximum Gasteiger partial charge on any atom is 0.313 e. The highest BCUT2D eigenvalue weighted by Gasteiger charge is 2.75. The molecule has 3 heterocycles. The Hall–Kier alpha value is -3.50. The molecule has 3 aliphatic heterocycles. The highest BCUT2D eigenvalue weighted by Crippen LogP contribution is 2.59. The van der Waals surface area contributed by atoms with Gasteiger partial charge in [-0.3, -0.25) is 19.2 Å². The lowest BCUT2D eigenvalue weighted by molar-refractivity contribution is -0.160. The topological polar surface area (TPSA) is 125 Å². The molecule has 49 heavy (non-hydrogen) atoms. The Labute approximate surface area is 292 Å². The summed E-state index contributed by atoms with van der Waals surface area (Å²) < 4.78 is 12.9. The van der Waals surface area contributed by atoms with Crippen LogP contribution in [0.25, 0.3) is 0 Å². The van der Waals surface area contributed by atoms with Gasteiger partial charge >= 0.3 is 5.97 Å². The molecule has 3 fully saturated rings. The van der Waals surface area contributed by atoms with Gasteiger partial charge in [0, 0.05) is 31.7 Å². The number of hydrogen-bond donors (Lipinski definition) is 2. The standard InChI is InChI=1S/C39H57N3O7/c1-8-10-19-30(44)40-25-29(27-17-13-11-14-18-27)48-36(47)31-28-20-21-39(49-28)32(31)34(45)41(23-15-12-16-24-43)33(39)35(46)42(22-9-2)38(6,7)26-37(3,4)5/h8-9,11,13-14,17-18,28-29,31-33,43H,1-2,10,12,15-16,19-26H2,3-7H3,(H,40,44)/t28-,29-,31+,32+,33-,39+/m0/s1. The van der Waals surface area contributed by atoms with Gasteiger partial charge in [0.05, 0.1) is 24.5 Å². The normalized spacial score (nSPS) is 25.1. The number of aliphatic hydroxyl groups excluding tert-OH is 1. The Morgan fingerprint density at radius 2 is 1.84 bits per heavy atom. The minimum Gasteiger partial charge on any atom is -0.455 e. The van der Waals surface area contributed by atoms with Gasteiger partial charge in [-0.1, -0.05) is 63.3 Å². The fourth-order valence-corrected chi connectivity index (χ4v) is 8.46. The van der Waals surface area contributed by atoms with Crippen molar-refractivity contribution in [2.75, 3.05) is 26.2 Å². The average Bonchev–Trinajstić information content (AvgIpc) is 3.69. The highest BCUT2D eigenvalue weighted by molar-refractivity contribution is 5.98. The SMILES string of the molecule is C=CCCC(=O)NC[C@H](OC(=O)[C@@H]1[C@@H]2CC[C@]3(O2)[C@H](C(=O)N(CC=C)C(C)(C)CC(C)(C)C)N(CCCCCO)C(=O)[C@@H]13)c1ccccc1. The number of nitrogens with one attached hydrogen (secondary N) is 1. The molecule has 2 N–H and O–H groups in total. The first-order valence-corrected chi connectivity index (χ1v) is 17.9. The first-order valence-electron chi connectivity index (χ1n) is 17.9. The summed E-state index contributed by atoms with van der Waals surface area (Å²) in [7, 11) is 0.